The van der Waals surface area contributed by atoms with E-state index in [1.807, 2.05) is 60.9 Å². The van der Waals surface area contributed by atoms with Gasteiger partial charge in [0.05, 0.1) is 48.0 Å². The van der Waals surface area contributed by atoms with Crippen LogP contribution in [0.1, 0.15) is 43.6 Å². The minimum atomic E-state index is -1.22. The van der Waals surface area contributed by atoms with Gasteiger partial charge in [0.15, 0.2) is 0 Å². The second-order valence-corrected chi connectivity index (χ2v) is 11.6. The summed E-state index contributed by atoms with van der Waals surface area (Å²) in [5.74, 6) is 1.56. The summed E-state index contributed by atoms with van der Waals surface area (Å²) < 4.78 is 31.8. The zero-order chi connectivity index (χ0) is 31.3. The van der Waals surface area contributed by atoms with Gasteiger partial charge in [0.2, 0.25) is 5.91 Å². The molecule has 0 aliphatic heterocycles. The van der Waals surface area contributed by atoms with Crippen LogP contribution in [0.25, 0.3) is 17.2 Å². The van der Waals surface area contributed by atoms with E-state index in [2.05, 4.69) is 17.2 Å². The van der Waals surface area contributed by atoms with Crippen molar-refractivity contribution in [3.8, 4) is 22.6 Å². The average molecular weight is 616 g/mol. The number of hydrogen-bond acceptors (Lipinski definition) is 6. The van der Waals surface area contributed by atoms with Gasteiger partial charge in [0.1, 0.15) is 18.1 Å². The summed E-state index contributed by atoms with van der Waals surface area (Å²) in [7, 11) is 0.380. The summed E-state index contributed by atoms with van der Waals surface area (Å²) in [5, 5.41) is 2.87. The predicted octanol–water partition coefficient (Wildman–Crippen LogP) is 7.04. The van der Waals surface area contributed by atoms with Gasteiger partial charge in [-0.3, -0.25) is 9.00 Å². The Hall–Kier alpha value is -4.21. The highest BCUT2D eigenvalue weighted by Crippen LogP contribution is 2.29. The third-order valence-corrected chi connectivity index (χ3v) is 8.45. The highest BCUT2D eigenvalue weighted by Gasteiger charge is 2.13. The molecule has 9 heteroatoms. The summed E-state index contributed by atoms with van der Waals surface area (Å²) in [5.41, 5.74) is 5.26. The van der Waals surface area contributed by atoms with Crippen molar-refractivity contribution in [2.45, 2.75) is 50.8 Å². The number of aryl methyl sites for hydroxylation is 2. The van der Waals surface area contributed by atoms with Crippen LogP contribution in [0.3, 0.4) is 0 Å². The lowest BCUT2D eigenvalue weighted by Crippen LogP contribution is -2.08. The van der Waals surface area contributed by atoms with Gasteiger partial charge in [0, 0.05) is 35.4 Å². The van der Waals surface area contributed by atoms with Crippen molar-refractivity contribution in [3.63, 3.8) is 0 Å². The standard InChI is InChI=1S/C35H41N3O5S/c1-5-7-20-42-21-22-43-31-14-8-27(9-15-31)28-10-18-34(41-4)29(23-28)11-19-35(39)37-30-12-16-32(17-13-30)44(40)24-33-26(3)36-25-38(33)6-2/h8-19,23,25H,5-7,20-22,24H2,1-4H3,(H,37,39)/b19-11+. The first kappa shape index (κ1) is 32.7. The van der Waals surface area contributed by atoms with E-state index in [1.54, 1.807) is 43.8 Å². The van der Waals surface area contributed by atoms with Crippen LogP contribution in [-0.4, -0.2) is 46.6 Å². The molecule has 0 spiro atoms. The molecule has 0 radical (unpaired) electrons. The number of carbonyl (C=O) groups is 1. The molecule has 4 rings (SSSR count). The van der Waals surface area contributed by atoms with Crippen LogP contribution in [0.4, 0.5) is 5.69 Å². The van der Waals surface area contributed by atoms with Crippen LogP contribution >= 0.6 is 0 Å². The minimum Gasteiger partial charge on any atom is -0.496 e. The van der Waals surface area contributed by atoms with Crippen LogP contribution in [0.2, 0.25) is 0 Å². The molecule has 1 atom stereocenters. The molecule has 0 saturated carbocycles. The summed E-state index contributed by atoms with van der Waals surface area (Å²) in [6.07, 6.45) is 7.16. The molecule has 44 heavy (non-hydrogen) atoms. The third-order valence-electron chi connectivity index (χ3n) is 7.12. The third kappa shape index (κ3) is 9.14. The maximum atomic E-state index is 13.0. The van der Waals surface area contributed by atoms with Crippen molar-refractivity contribution in [1.82, 2.24) is 9.55 Å². The molecule has 0 fully saturated rings. The number of hydrogen-bond donors (Lipinski definition) is 1. The summed E-state index contributed by atoms with van der Waals surface area (Å²) >= 11 is 0. The van der Waals surface area contributed by atoms with Gasteiger partial charge in [-0.15, -0.1) is 0 Å². The Morgan fingerprint density at radius 3 is 2.43 bits per heavy atom. The smallest absolute Gasteiger partial charge is 0.248 e. The molecule has 8 nitrogen and oxygen atoms in total. The number of aromatic nitrogens is 2. The number of imidazole rings is 1. The van der Waals surface area contributed by atoms with Crippen molar-refractivity contribution in [1.29, 1.82) is 0 Å². The molecule has 1 N–H and O–H groups in total. The minimum absolute atomic E-state index is 0.283. The summed E-state index contributed by atoms with van der Waals surface area (Å²) in [6.45, 7) is 8.73. The summed E-state index contributed by atoms with van der Waals surface area (Å²) in [6, 6.07) is 20.8. The van der Waals surface area contributed by atoms with Crippen LogP contribution in [0, 0.1) is 6.92 Å². The number of unbranched alkanes of at least 4 members (excludes halogenated alkanes) is 1. The van der Waals surface area contributed by atoms with E-state index in [4.69, 9.17) is 14.2 Å². The number of nitrogens with one attached hydrogen (secondary N) is 1. The maximum absolute atomic E-state index is 13.0. The van der Waals surface area contributed by atoms with Crippen molar-refractivity contribution in [3.05, 3.63) is 96.1 Å². The lowest BCUT2D eigenvalue weighted by Gasteiger charge is -2.10. The molecule has 3 aromatic carbocycles. The fourth-order valence-electron chi connectivity index (χ4n) is 4.57. The first-order chi connectivity index (χ1) is 21.4. The van der Waals surface area contributed by atoms with Gasteiger partial charge in [0.25, 0.3) is 0 Å². The van der Waals surface area contributed by atoms with Gasteiger partial charge in [-0.2, -0.15) is 0 Å². The quantitative estimate of drug-likeness (QED) is 0.107. The Bertz CT molecular complexity index is 1560. The molecule has 4 aromatic rings. The molecule has 0 saturated heterocycles. The second kappa shape index (κ2) is 16.6. The number of amides is 1. The maximum Gasteiger partial charge on any atom is 0.248 e. The van der Waals surface area contributed by atoms with Crippen LogP contribution in [0.5, 0.6) is 11.5 Å². The van der Waals surface area contributed by atoms with Crippen LogP contribution < -0.4 is 14.8 Å². The second-order valence-electron chi connectivity index (χ2n) is 10.2. The fraction of sp³-hybridized carbons (Fsp3) is 0.314. The van der Waals surface area contributed by atoms with E-state index in [0.717, 1.165) is 59.8 Å². The molecule has 1 heterocycles. The highest BCUT2D eigenvalue weighted by atomic mass is 32.2. The Labute approximate surface area is 262 Å². The summed E-state index contributed by atoms with van der Waals surface area (Å²) in [4.78, 5) is 17.8. The molecular weight excluding hydrogens is 574 g/mol. The van der Waals surface area contributed by atoms with Crippen molar-refractivity contribution >= 4 is 28.5 Å². The highest BCUT2D eigenvalue weighted by molar-refractivity contribution is 7.84. The predicted molar refractivity (Wildman–Crippen MR) is 177 cm³/mol. The molecule has 1 unspecified atom stereocenters. The SMILES string of the molecule is CCCCOCCOc1ccc(-c2ccc(OC)c(/C=C/C(=O)Nc3ccc(S(=O)Cc4c(C)ncn4CC)cc3)c2)cc1. The van der Waals surface area contributed by atoms with Gasteiger partial charge in [-0.05, 0) is 86.0 Å². The molecule has 232 valence electrons. The van der Waals surface area contributed by atoms with Crippen molar-refractivity contribution in [2.75, 3.05) is 32.2 Å². The molecule has 0 aliphatic rings. The van der Waals surface area contributed by atoms with E-state index < -0.39 is 10.8 Å². The molecule has 1 aromatic heterocycles. The number of benzene rings is 3. The average Bonchev–Trinajstić information content (AvgIpc) is 3.40. The van der Waals surface area contributed by atoms with Crippen molar-refractivity contribution in [2.24, 2.45) is 0 Å². The zero-order valence-electron chi connectivity index (χ0n) is 25.9. The zero-order valence-corrected chi connectivity index (χ0v) is 26.7. The monoisotopic (exact) mass is 615 g/mol. The molecule has 0 aliphatic carbocycles. The number of methoxy groups -OCH3 is 1. The topological polar surface area (TPSA) is 91.7 Å². The van der Waals surface area contributed by atoms with Crippen molar-refractivity contribution < 1.29 is 23.2 Å². The number of carbonyl (C=O) groups excluding carboxylic acids is 1. The number of anilines is 1. The van der Waals surface area contributed by atoms with E-state index in [-0.39, 0.29) is 5.91 Å². The number of ether oxygens (including phenoxy) is 3. The molecule has 1 amide bonds. The van der Waals surface area contributed by atoms with Gasteiger partial charge in [-0.1, -0.05) is 31.5 Å². The van der Waals surface area contributed by atoms with E-state index in [0.29, 0.717) is 35.3 Å². The van der Waals surface area contributed by atoms with Crippen LogP contribution in [-0.2, 0) is 32.6 Å². The van der Waals surface area contributed by atoms with Crippen LogP contribution in [0.15, 0.2) is 84.0 Å². The van der Waals surface area contributed by atoms with E-state index in [1.165, 1.54) is 6.08 Å². The number of rotatable bonds is 16. The lowest BCUT2D eigenvalue weighted by atomic mass is 10.0. The Kier molecular flexibility index (Phi) is 12.3. The van der Waals surface area contributed by atoms with Gasteiger partial charge >= 0.3 is 0 Å². The first-order valence-corrected chi connectivity index (χ1v) is 16.2. The lowest BCUT2D eigenvalue weighted by molar-refractivity contribution is -0.111. The number of nitrogens with zero attached hydrogens (tertiary/aromatic N) is 2. The molecule has 0 bridgehead atoms. The van der Waals surface area contributed by atoms with E-state index in [9.17, 15) is 9.00 Å². The Morgan fingerprint density at radius 1 is 0.977 bits per heavy atom. The Morgan fingerprint density at radius 2 is 1.73 bits per heavy atom. The fourth-order valence-corrected chi connectivity index (χ4v) is 5.80. The van der Waals surface area contributed by atoms with E-state index >= 15 is 0 Å². The van der Waals surface area contributed by atoms with Gasteiger partial charge < -0.3 is 24.1 Å². The van der Waals surface area contributed by atoms with Gasteiger partial charge in [-0.25, -0.2) is 4.98 Å². The first-order valence-electron chi connectivity index (χ1n) is 14.9. The molecular formula is C35H41N3O5S. The largest absolute Gasteiger partial charge is 0.496 e. The Balaban J connectivity index is 1.35. The normalized spacial score (nSPS) is 11.9.